The van der Waals surface area contributed by atoms with E-state index in [0.29, 0.717) is 0 Å². The summed E-state index contributed by atoms with van der Waals surface area (Å²) in [5.41, 5.74) is 3.46. The number of hydrogen-bond acceptors (Lipinski definition) is 5. The van der Waals surface area contributed by atoms with Gasteiger partial charge in [-0.1, -0.05) is 30.3 Å². The summed E-state index contributed by atoms with van der Waals surface area (Å²) in [4.78, 5) is 9.47. The third-order valence-electron chi connectivity index (χ3n) is 3.51. The van der Waals surface area contributed by atoms with Gasteiger partial charge in [-0.2, -0.15) is 11.8 Å². The minimum Gasteiger partial charge on any atom is -0.370 e. The van der Waals surface area contributed by atoms with E-state index in [9.17, 15) is 0 Å². The fourth-order valence-corrected chi connectivity index (χ4v) is 3.56. The number of rotatable bonds is 5. The van der Waals surface area contributed by atoms with Crippen molar-refractivity contribution in [2.75, 3.05) is 19.0 Å². The number of thioether (sulfide) groups is 1. The molecule has 110 valence electrons. The van der Waals surface area contributed by atoms with Crippen molar-refractivity contribution >= 4 is 17.6 Å². The zero-order chi connectivity index (χ0) is 14.7. The minimum absolute atomic E-state index is 0.223. The number of nitrogens with zero attached hydrogens (tertiary/aromatic N) is 2. The number of fused-ring (bicyclic) bond motifs is 1. The van der Waals surface area contributed by atoms with Gasteiger partial charge in [0.1, 0.15) is 11.9 Å². The van der Waals surface area contributed by atoms with Gasteiger partial charge in [0, 0.05) is 30.7 Å². The monoisotopic (exact) mass is 301 g/mol. The van der Waals surface area contributed by atoms with Crippen LogP contribution < -0.4 is 5.32 Å². The summed E-state index contributed by atoms with van der Waals surface area (Å²) in [5, 5.41) is 3.36. The highest BCUT2D eigenvalue weighted by molar-refractivity contribution is 7.98. The highest BCUT2D eigenvalue weighted by Crippen LogP contribution is 2.34. The van der Waals surface area contributed by atoms with E-state index in [-0.39, 0.29) is 6.10 Å². The number of nitrogens with one attached hydrogen (secondary N) is 1. The van der Waals surface area contributed by atoms with Crippen LogP contribution in [0.4, 0.5) is 5.82 Å². The average Bonchev–Trinajstić information content (AvgIpc) is 2.98. The molecule has 0 saturated heterocycles. The molecule has 1 unspecified atom stereocenters. The molecule has 0 spiro atoms. The van der Waals surface area contributed by atoms with Crippen molar-refractivity contribution in [1.82, 2.24) is 9.97 Å². The Morgan fingerprint density at radius 3 is 2.76 bits per heavy atom. The molecule has 1 aliphatic rings. The van der Waals surface area contributed by atoms with Crippen LogP contribution in [0.15, 0.2) is 30.3 Å². The normalized spacial score (nSPS) is 14.8. The van der Waals surface area contributed by atoms with E-state index in [2.05, 4.69) is 12.2 Å². The van der Waals surface area contributed by atoms with Gasteiger partial charge >= 0.3 is 0 Å². The van der Waals surface area contributed by atoms with Gasteiger partial charge in [-0.3, -0.25) is 0 Å². The number of hydrogen-bond donors (Lipinski definition) is 1. The molecule has 5 heteroatoms. The zero-order valence-electron chi connectivity index (χ0n) is 12.3. The molecule has 1 N–H and O–H groups in total. The average molecular weight is 301 g/mol. The second-order valence-electron chi connectivity index (χ2n) is 4.91. The van der Waals surface area contributed by atoms with Gasteiger partial charge in [0.05, 0.1) is 5.69 Å². The largest absolute Gasteiger partial charge is 0.370 e. The molecule has 0 fully saturated rings. The molecule has 21 heavy (non-hydrogen) atoms. The Morgan fingerprint density at radius 2 is 2.05 bits per heavy atom. The Morgan fingerprint density at radius 1 is 1.24 bits per heavy atom. The topological polar surface area (TPSA) is 47.0 Å². The van der Waals surface area contributed by atoms with Crippen LogP contribution in [0.25, 0.3) is 0 Å². The molecule has 1 aliphatic heterocycles. The highest BCUT2D eigenvalue weighted by Gasteiger charge is 2.24. The first kappa shape index (κ1) is 14.4. The molecule has 0 aliphatic carbocycles. The summed E-state index contributed by atoms with van der Waals surface area (Å²) >= 11 is 1.88. The molecule has 3 rings (SSSR count). The predicted molar refractivity (Wildman–Crippen MR) is 86.5 cm³/mol. The van der Waals surface area contributed by atoms with Gasteiger partial charge in [-0.25, -0.2) is 9.97 Å². The van der Waals surface area contributed by atoms with Crippen molar-refractivity contribution in [3.05, 3.63) is 53.0 Å². The summed E-state index contributed by atoms with van der Waals surface area (Å²) in [6.07, 6.45) is -0.223. The number of anilines is 1. The van der Waals surface area contributed by atoms with E-state index in [1.165, 1.54) is 5.56 Å². The third kappa shape index (κ3) is 2.89. The van der Waals surface area contributed by atoms with Crippen molar-refractivity contribution in [2.45, 2.75) is 24.5 Å². The Balaban J connectivity index is 2.03. The minimum atomic E-state index is -0.223. The SMILES string of the molecule is CCNc1nc(C(OC)c2ccccc2)nc2c1CSC2. The van der Waals surface area contributed by atoms with E-state index in [0.717, 1.165) is 41.0 Å². The second kappa shape index (κ2) is 6.45. The van der Waals surface area contributed by atoms with E-state index in [1.807, 2.05) is 42.1 Å². The lowest BCUT2D eigenvalue weighted by Crippen LogP contribution is -2.13. The van der Waals surface area contributed by atoms with Crippen molar-refractivity contribution < 1.29 is 4.74 Å². The lowest BCUT2D eigenvalue weighted by Gasteiger charge is -2.17. The Labute approximate surface area is 129 Å². The first-order valence-corrected chi connectivity index (χ1v) is 8.28. The van der Waals surface area contributed by atoms with E-state index < -0.39 is 0 Å². The highest BCUT2D eigenvalue weighted by atomic mass is 32.2. The third-order valence-corrected chi connectivity index (χ3v) is 4.48. The molecule has 2 heterocycles. The van der Waals surface area contributed by atoms with Crippen LogP contribution in [0.3, 0.4) is 0 Å². The maximum atomic E-state index is 5.66. The first-order valence-electron chi connectivity index (χ1n) is 7.12. The van der Waals surface area contributed by atoms with Crippen molar-refractivity contribution in [1.29, 1.82) is 0 Å². The zero-order valence-corrected chi connectivity index (χ0v) is 13.1. The molecule has 4 nitrogen and oxygen atoms in total. The molecule has 0 amide bonds. The van der Waals surface area contributed by atoms with Crippen molar-refractivity contribution in [2.24, 2.45) is 0 Å². The van der Waals surface area contributed by atoms with E-state index in [1.54, 1.807) is 7.11 Å². The maximum Gasteiger partial charge on any atom is 0.164 e. The lowest BCUT2D eigenvalue weighted by molar-refractivity contribution is 0.129. The molecule has 1 atom stereocenters. The van der Waals surface area contributed by atoms with Crippen LogP contribution in [-0.4, -0.2) is 23.6 Å². The predicted octanol–water partition coefficient (Wildman–Crippen LogP) is 3.39. The maximum absolute atomic E-state index is 5.66. The number of ether oxygens (including phenoxy) is 1. The van der Waals surface area contributed by atoms with E-state index in [4.69, 9.17) is 14.7 Å². The van der Waals surface area contributed by atoms with Gasteiger partial charge in [0.2, 0.25) is 0 Å². The quantitative estimate of drug-likeness (QED) is 0.917. The second-order valence-corrected chi connectivity index (χ2v) is 5.89. The molecular weight excluding hydrogens is 282 g/mol. The van der Waals surface area contributed by atoms with Gasteiger partial charge in [-0.15, -0.1) is 0 Å². The number of benzene rings is 1. The van der Waals surface area contributed by atoms with Gasteiger partial charge in [-0.05, 0) is 12.5 Å². The first-order chi connectivity index (χ1) is 10.3. The van der Waals surface area contributed by atoms with Crippen LogP contribution in [0.5, 0.6) is 0 Å². The Kier molecular flexibility index (Phi) is 4.41. The standard InChI is InChI=1S/C16H19N3OS/c1-3-17-15-12-9-21-10-13(12)18-16(19-15)14(20-2)11-7-5-4-6-8-11/h4-8,14H,3,9-10H2,1-2H3,(H,17,18,19). The summed E-state index contributed by atoms with van der Waals surface area (Å²) in [7, 11) is 1.70. The smallest absolute Gasteiger partial charge is 0.164 e. The summed E-state index contributed by atoms with van der Waals surface area (Å²) in [5.74, 6) is 3.64. The molecule has 0 saturated carbocycles. The fourth-order valence-electron chi connectivity index (χ4n) is 2.52. The molecule has 2 aromatic rings. The lowest BCUT2D eigenvalue weighted by atomic mass is 10.1. The molecular formula is C16H19N3OS. The Hall–Kier alpha value is -1.59. The fraction of sp³-hybridized carbons (Fsp3) is 0.375. The molecule has 0 radical (unpaired) electrons. The number of methoxy groups -OCH3 is 1. The summed E-state index contributed by atoms with van der Waals surface area (Å²) in [6.45, 7) is 2.94. The van der Waals surface area contributed by atoms with Crippen LogP contribution in [0.2, 0.25) is 0 Å². The van der Waals surface area contributed by atoms with Crippen molar-refractivity contribution in [3.63, 3.8) is 0 Å². The van der Waals surface area contributed by atoms with Crippen LogP contribution in [0, 0.1) is 0 Å². The van der Waals surface area contributed by atoms with Gasteiger partial charge in [0.25, 0.3) is 0 Å². The van der Waals surface area contributed by atoms with Crippen molar-refractivity contribution in [3.8, 4) is 0 Å². The molecule has 1 aromatic heterocycles. The van der Waals surface area contributed by atoms with Gasteiger partial charge < -0.3 is 10.1 Å². The summed E-state index contributed by atoms with van der Waals surface area (Å²) in [6, 6.07) is 10.1. The van der Waals surface area contributed by atoms with Crippen LogP contribution in [-0.2, 0) is 16.2 Å². The van der Waals surface area contributed by atoms with Crippen LogP contribution >= 0.6 is 11.8 Å². The number of aromatic nitrogens is 2. The van der Waals surface area contributed by atoms with Gasteiger partial charge in [0.15, 0.2) is 5.82 Å². The molecule has 1 aromatic carbocycles. The summed E-state index contributed by atoms with van der Waals surface area (Å²) < 4.78 is 5.66. The molecule has 0 bridgehead atoms. The Bertz CT molecular complexity index is 618. The van der Waals surface area contributed by atoms with E-state index >= 15 is 0 Å². The van der Waals surface area contributed by atoms with Crippen LogP contribution in [0.1, 0.15) is 35.7 Å².